The van der Waals surface area contributed by atoms with Gasteiger partial charge < -0.3 is 29.7 Å². The molecule has 1 heterocycles. The molecule has 2 N–H and O–H groups in total. The van der Waals surface area contributed by atoms with Crippen LogP contribution in [-0.2, 0) is 11.3 Å². The maximum atomic E-state index is 11.9. The van der Waals surface area contributed by atoms with Crippen LogP contribution < -0.4 is 24.8 Å². The van der Waals surface area contributed by atoms with Gasteiger partial charge in [0.15, 0.2) is 17.5 Å². The van der Waals surface area contributed by atoms with Crippen LogP contribution in [0.4, 0.5) is 0 Å². The van der Waals surface area contributed by atoms with Gasteiger partial charge in [-0.25, -0.2) is 0 Å². The fourth-order valence-corrected chi connectivity index (χ4v) is 3.69. The van der Waals surface area contributed by atoms with Crippen molar-refractivity contribution in [2.45, 2.75) is 39.8 Å². The van der Waals surface area contributed by atoms with Gasteiger partial charge in [0.1, 0.15) is 0 Å². The number of benzene rings is 1. The van der Waals surface area contributed by atoms with Crippen molar-refractivity contribution in [1.29, 1.82) is 0 Å². The summed E-state index contributed by atoms with van der Waals surface area (Å²) in [6, 6.07) is 4.15. The highest BCUT2D eigenvalue weighted by atomic mass is 16.5. The molecule has 0 radical (unpaired) electrons. The van der Waals surface area contributed by atoms with Crippen LogP contribution in [0.2, 0.25) is 0 Å². The molecule has 9 heteroatoms. The summed E-state index contributed by atoms with van der Waals surface area (Å²) in [6.45, 7) is 11.6. The van der Waals surface area contributed by atoms with Crippen molar-refractivity contribution in [2.24, 2.45) is 4.99 Å². The number of piperazine rings is 1. The molecule has 9 nitrogen and oxygen atoms in total. The van der Waals surface area contributed by atoms with Crippen LogP contribution in [-0.4, -0.2) is 88.3 Å². The fraction of sp³-hybridized carbons (Fsp3) is 0.652. The van der Waals surface area contributed by atoms with Gasteiger partial charge in [0.25, 0.3) is 0 Å². The van der Waals surface area contributed by atoms with Crippen LogP contribution in [0.5, 0.6) is 17.2 Å². The van der Waals surface area contributed by atoms with E-state index in [-0.39, 0.29) is 11.9 Å². The van der Waals surface area contributed by atoms with E-state index in [4.69, 9.17) is 14.2 Å². The Labute approximate surface area is 192 Å². The van der Waals surface area contributed by atoms with E-state index < -0.39 is 0 Å². The van der Waals surface area contributed by atoms with Gasteiger partial charge in [0, 0.05) is 51.7 Å². The highest BCUT2D eigenvalue weighted by Crippen LogP contribution is 2.38. The lowest BCUT2D eigenvalue weighted by Crippen LogP contribution is -2.52. The summed E-state index contributed by atoms with van der Waals surface area (Å²) >= 11 is 0. The van der Waals surface area contributed by atoms with Crippen LogP contribution >= 0.6 is 0 Å². The predicted octanol–water partition coefficient (Wildman–Crippen LogP) is 1.71. The molecule has 0 aliphatic carbocycles. The molecule has 0 bridgehead atoms. The van der Waals surface area contributed by atoms with E-state index in [1.165, 1.54) is 0 Å². The van der Waals surface area contributed by atoms with Gasteiger partial charge in [-0.05, 0) is 38.5 Å². The molecular weight excluding hydrogens is 410 g/mol. The van der Waals surface area contributed by atoms with Gasteiger partial charge >= 0.3 is 0 Å². The number of carbonyl (C=O) groups is 1. The third kappa shape index (κ3) is 7.47. The topological polar surface area (TPSA) is 87.7 Å². The Morgan fingerprint density at radius 1 is 1.06 bits per heavy atom. The first-order chi connectivity index (χ1) is 15.4. The molecule has 1 aromatic carbocycles. The third-order valence-corrected chi connectivity index (χ3v) is 5.19. The number of hydrogen-bond acceptors (Lipinski definition) is 6. The molecule has 2 rings (SSSR count). The Morgan fingerprint density at radius 3 is 2.19 bits per heavy atom. The first-order valence-corrected chi connectivity index (χ1v) is 11.3. The summed E-state index contributed by atoms with van der Waals surface area (Å²) in [4.78, 5) is 21.2. The summed E-state index contributed by atoms with van der Waals surface area (Å²) in [5.74, 6) is 2.86. The molecule has 0 unspecified atom stereocenters. The Balaban J connectivity index is 1.94. The second kappa shape index (κ2) is 13.0. The van der Waals surface area contributed by atoms with Gasteiger partial charge in [-0.15, -0.1) is 0 Å². The lowest BCUT2D eigenvalue weighted by atomic mass is 10.1. The fourth-order valence-electron chi connectivity index (χ4n) is 3.69. The lowest BCUT2D eigenvalue weighted by molar-refractivity contribution is -0.121. The molecule has 1 fully saturated rings. The van der Waals surface area contributed by atoms with Crippen molar-refractivity contribution in [3.8, 4) is 17.2 Å². The van der Waals surface area contributed by atoms with E-state index in [1.807, 2.05) is 26.0 Å². The average molecular weight is 450 g/mol. The van der Waals surface area contributed by atoms with Gasteiger partial charge in [-0.2, -0.15) is 0 Å². The Bertz CT molecular complexity index is 736. The number of ether oxygens (including phenoxy) is 3. The minimum absolute atomic E-state index is 0.0368. The maximum Gasteiger partial charge on any atom is 0.222 e. The molecule has 0 spiro atoms. The second-order valence-electron chi connectivity index (χ2n) is 8.00. The normalized spacial score (nSPS) is 15.0. The Morgan fingerprint density at radius 2 is 1.69 bits per heavy atom. The number of nitrogens with zero attached hydrogens (tertiary/aromatic N) is 3. The highest BCUT2D eigenvalue weighted by molar-refractivity contribution is 5.81. The zero-order valence-electron chi connectivity index (χ0n) is 20.4. The number of carbonyl (C=O) groups excluding carboxylic acids is 1. The predicted molar refractivity (Wildman–Crippen MR) is 127 cm³/mol. The summed E-state index contributed by atoms with van der Waals surface area (Å²) in [6.07, 6.45) is 0.397. The summed E-state index contributed by atoms with van der Waals surface area (Å²) in [5.41, 5.74) is 1.12. The molecule has 1 aliphatic rings. The standard InChI is InChI=1S/C23H39N5O4/c1-7-24-23(25-9-8-21(29)26-17(2)3)28-12-10-27(11-13-28)16-18-14-19(30-4)22(32-6)20(15-18)31-5/h14-15,17H,7-13,16H2,1-6H3,(H,24,25)(H,26,29). The van der Waals surface area contributed by atoms with Crippen molar-refractivity contribution in [1.82, 2.24) is 20.4 Å². The van der Waals surface area contributed by atoms with E-state index in [2.05, 4.69) is 32.3 Å². The molecule has 1 saturated heterocycles. The van der Waals surface area contributed by atoms with Crippen molar-refractivity contribution >= 4 is 11.9 Å². The zero-order valence-corrected chi connectivity index (χ0v) is 20.4. The smallest absolute Gasteiger partial charge is 0.222 e. The summed E-state index contributed by atoms with van der Waals surface area (Å²) in [5, 5.41) is 6.26. The first-order valence-electron chi connectivity index (χ1n) is 11.3. The van der Waals surface area contributed by atoms with Gasteiger partial charge in [0.2, 0.25) is 11.7 Å². The number of aliphatic imine (C=N–C) groups is 1. The largest absolute Gasteiger partial charge is 0.493 e. The lowest BCUT2D eigenvalue weighted by Gasteiger charge is -2.36. The zero-order chi connectivity index (χ0) is 23.5. The van der Waals surface area contributed by atoms with Crippen LogP contribution in [0.1, 0.15) is 32.8 Å². The van der Waals surface area contributed by atoms with Gasteiger partial charge in [-0.3, -0.25) is 14.7 Å². The van der Waals surface area contributed by atoms with E-state index in [0.29, 0.717) is 30.2 Å². The van der Waals surface area contributed by atoms with E-state index in [9.17, 15) is 4.79 Å². The molecule has 1 aliphatic heterocycles. The van der Waals surface area contributed by atoms with Crippen molar-refractivity contribution in [3.63, 3.8) is 0 Å². The number of amides is 1. The third-order valence-electron chi connectivity index (χ3n) is 5.19. The summed E-state index contributed by atoms with van der Waals surface area (Å²) < 4.78 is 16.4. The average Bonchev–Trinajstić information content (AvgIpc) is 2.77. The molecule has 0 saturated carbocycles. The maximum absolute atomic E-state index is 11.9. The minimum atomic E-state index is 0.0368. The molecule has 1 amide bonds. The molecule has 0 atom stereocenters. The van der Waals surface area contributed by atoms with E-state index in [0.717, 1.165) is 50.8 Å². The van der Waals surface area contributed by atoms with Crippen LogP contribution in [0.15, 0.2) is 17.1 Å². The van der Waals surface area contributed by atoms with E-state index >= 15 is 0 Å². The van der Waals surface area contributed by atoms with E-state index in [1.54, 1.807) is 21.3 Å². The summed E-state index contributed by atoms with van der Waals surface area (Å²) in [7, 11) is 4.88. The molecule has 0 aromatic heterocycles. The molecule has 180 valence electrons. The van der Waals surface area contributed by atoms with Gasteiger partial charge in [-0.1, -0.05) is 0 Å². The molecule has 1 aromatic rings. The van der Waals surface area contributed by atoms with Crippen LogP contribution in [0.3, 0.4) is 0 Å². The SMILES string of the molecule is CCNC(=NCCC(=O)NC(C)C)N1CCN(Cc2cc(OC)c(OC)c(OC)c2)CC1. The van der Waals surface area contributed by atoms with Crippen molar-refractivity contribution in [3.05, 3.63) is 17.7 Å². The quantitative estimate of drug-likeness (QED) is 0.415. The van der Waals surface area contributed by atoms with Crippen LogP contribution in [0.25, 0.3) is 0 Å². The minimum Gasteiger partial charge on any atom is -0.493 e. The molecule has 32 heavy (non-hydrogen) atoms. The van der Waals surface area contributed by atoms with Crippen molar-refractivity contribution in [2.75, 3.05) is 60.6 Å². The van der Waals surface area contributed by atoms with Crippen LogP contribution in [0, 0.1) is 0 Å². The number of hydrogen-bond donors (Lipinski definition) is 2. The molecular formula is C23H39N5O4. The van der Waals surface area contributed by atoms with Crippen molar-refractivity contribution < 1.29 is 19.0 Å². The Kier molecular flexibility index (Phi) is 10.4. The first kappa shape index (κ1) is 25.6. The van der Waals surface area contributed by atoms with Gasteiger partial charge in [0.05, 0.1) is 27.9 Å². The highest BCUT2D eigenvalue weighted by Gasteiger charge is 2.21. The number of methoxy groups -OCH3 is 3. The number of nitrogens with one attached hydrogen (secondary N) is 2. The Hall–Kier alpha value is -2.68. The monoisotopic (exact) mass is 449 g/mol. The number of rotatable bonds is 10. The second-order valence-corrected chi connectivity index (χ2v) is 8.00. The number of guanidine groups is 1.